The van der Waals surface area contributed by atoms with Gasteiger partial charge in [-0.2, -0.15) is 0 Å². The molecule has 0 saturated heterocycles. The normalized spacial score (nSPS) is 12.9. The van der Waals surface area contributed by atoms with Gasteiger partial charge in [-0.25, -0.2) is 4.98 Å². The number of amides is 1. The van der Waals surface area contributed by atoms with Gasteiger partial charge < -0.3 is 14.8 Å². The highest BCUT2D eigenvalue weighted by atomic mass is 16.6. The number of nitrogens with one attached hydrogen (secondary N) is 1. The fraction of sp³-hybridized carbons (Fsp3) is 0.238. The van der Waals surface area contributed by atoms with Gasteiger partial charge in [0.15, 0.2) is 0 Å². The Morgan fingerprint density at radius 1 is 1.24 bits per heavy atom. The second kappa shape index (κ2) is 7.75. The first kappa shape index (κ1) is 18.7. The first-order valence-electron chi connectivity index (χ1n) is 9.37. The molecular weight excluding hydrogens is 370 g/mol. The lowest BCUT2D eigenvalue weighted by molar-refractivity contribution is -0.384. The summed E-state index contributed by atoms with van der Waals surface area (Å²) in [5, 5.41) is 14.5. The predicted molar refractivity (Wildman–Crippen MR) is 110 cm³/mol. The Balaban J connectivity index is 1.61. The fourth-order valence-corrected chi connectivity index (χ4v) is 3.57. The molecule has 0 unspecified atom stereocenters. The van der Waals surface area contributed by atoms with E-state index < -0.39 is 0 Å². The lowest BCUT2D eigenvalue weighted by atomic mass is 10.0. The average molecular weight is 391 g/mol. The van der Waals surface area contributed by atoms with Gasteiger partial charge in [0.25, 0.3) is 5.69 Å². The monoisotopic (exact) mass is 391 g/mol. The number of hydrogen-bond donors (Lipinski definition) is 1. The molecule has 3 aromatic rings. The number of aromatic nitrogens is 2. The van der Waals surface area contributed by atoms with Crippen LogP contribution in [0.4, 0.5) is 17.1 Å². The number of hydrogen-bond acceptors (Lipinski definition) is 5. The number of carbonyl (C=O) groups is 1. The summed E-state index contributed by atoms with van der Waals surface area (Å²) >= 11 is 0. The molecule has 8 nitrogen and oxygen atoms in total. The standard InChI is InChI=1S/C21H21N5O3/c1-24(14-20-22-9-10-25(20)13-15-5-3-2-4-6-15)18-12-17-16(7-8-21(27)23-17)11-19(18)26(28)29/h2-6,9-12H,7-8,13-14H2,1H3,(H,23,27). The van der Waals surface area contributed by atoms with E-state index in [1.165, 1.54) is 0 Å². The number of aryl methyl sites for hydroxylation is 1. The molecule has 0 bridgehead atoms. The molecule has 1 N–H and O–H groups in total. The molecule has 148 valence electrons. The van der Waals surface area contributed by atoms with Crippen LogP contribution in [0.5, 0.6) is 0 Å². The second-order valence-corrected chi connectivity index (χ2v) is 7.12. The number of imidazole rings is 1. The average Bonchev–Trinajstić information content (AvgIpc) is 3.14. The summed E-state index contributed by atoms with van der Waals surface area (Å²) in [7, 11) is 1.79. The minimum atomic E-state index is -0.376. The highest BCUT2D eigenvalue weighted by Gasteiger charge is 2.25. The van der Waals surface area contributed by atoms with E-state index in [4.69, 9.17) is 0 Å². The van der Waals surface area contributed by atoms with Gasteiger partial charge >= 0.3 is 0 Å². The van der Waals surface area contributed by atoms with Crippen molar-refractivity contribution in [3.63, 3.8) is 0 Å². The van der Waals surface area contributed by atoms with Gasteiger partial charge in [-0.1, -0.05) is 30.3 Å². The van der Waals surface area contributed by atoms with Crippen LogP contribution in [-0.4, -0.2) is 27.4 Å². The van der Waals surface area contributed by atoms with E-state index >= 15 is 0 Å². The van der Waals surface area contributed by atoms with Gasteiger partial charge in [0, 0.05) is 44.2 Å². The van der Waals surface area contributed by atoms with E-state index in [-0.39, 0.29) is 16.5 Å². The summed E-state index contributed by atoms with van der Waals surface area (Å²) in [5.41, 5.74) is 3.06. The van der Waals surface area contributed by atoms with Crippen molar-refractivity contribution in [1.29, 1.82) is 0 Å². The molecule has 1 aromatic heterocycles. The number of carbonyl (C=O) groups excluding carboxylic acids is 1. The third-order valence-electron chi connectivity index (χ3n) is 5.08. The summed E-state index contributed by atoms with van der Waals surface area (Å²) < 4.78 is 2.03. The number of nitrogens with zero attached hydrogens (tertiary/aromatic N) is 4. The Morgan fingerprint density at radius 2 is 2.03 bits per heavy atom. The summed E-state index contributed by atoms with van der Waals surface area (Å²) in [4.78, 5) is 29.2. The third-order valence-corrected chi connectivity index (χ3v) is 5.08. The van der Waals surface area contributed by atoms with Crippen molar-refractivity contribution < 1.29 is 9.72 Å². The van der Waals surface area contributed by atoms with E-state index in [0.717, 1.165) is 17.0 Å². The summed E-state index contributed by atoms with van der Waals surface area (Å²) in [6.07, 6.45) is 4.48. The first-order chi connectivity index (χ1) is 14.0. The second-order valence-electron chi connectivity index (χ2n) is 7.12. The topological polar surface area (TPSA) is 93.3 Å². The van der Waals surface area contributed by atoms with Crippen LogP contribution in [0.1, 0.15) is 23.4 Å². The van der Waals surface area contributed by atoms with E-state index in [9.17, 15) is 14.9 Å². The highest BCUT2D eigenvalue weighted by molar-refractivity contribution is 5.95. The zero-order valence-electron chi connectivity index (χ0n) is 16.0. The number of benzene rings is 2. The molecule has 2 aromatic carbocycles. The van der Waals surface area contributed by atoms with Crippen molar-refractivity contribution in [1.82, 2.24) is 9.55 Å². The Morgan fingerprint density at radius 3 is 2.79 bits per heavy atom. The lowest BCUT2D eigenvalue weighted by Gasteiger charge is -2.23. The van der Waals surface area contributed by atoms with E-state index in [1.807, 2.05) is 41.1 Å². The van der Waals surface area contributed by atoms with Crippen molar-refractivity contribution in [3.05, 3.63) is 81.9 Å². The maximum Gasteiger partial charge on any atom is 0.292 e. The fourth-order valence-electron chi connectivity index (χ4n) is 3.57. The third kappa shape index (κ3) is 3.96. The number of nitro benzene ring substituents is 1. The maximum atomic E-state index is 11.7. The number of rotatable bonds is 6. The molecule has 0 fully saturated rings. The van der Waals surface area contributed by atoms with Crippen LogP contribution < -0.4 is 10.2 Å². The quantitative estimate of drug-likeness (QED) is 0.514. The Kier molecular flexibility index (Phi) is 4.99. The van der Waals surface area contributed by atoms with Crippen LogP contribution >= 0.6 is 0 Å². The minimum Gasteiger partial charge on any atom is -0.362 e. The van der Waals surface area contributed by atoms with Crippen LogP contribution in [0.2, 0.25) is 0 Å². The molecule has 4 rings (SSSR count). The highest BCUT2D eigenvalue weighted by Crippen LogP contribution is 2.36. The summed E-state index contributed by atoms with van der Waals surface area (Å²) in [6, 6.07) is 13.3. The molecule has 8 heteroatoms. The van der Waals surface area contributed by atoms with Gasteiger partial charge in [0.05, 0.1) is 11.5 Å². The molecule has 0 spiro atoms. The van der Waals surface area contributed by atoms with Crippen LogP contribution in [0.3, 0.4) is 0 Å². The minimum absolute atomic E-state index is 0.0311. The van der Waals surface area contributed by atoms with Crippen molar-refractivity contribution in [3.8, 4) is 0 Å². The van der Waals surface area contributed by atoms with Crippen LogP contribution in [0.25, 0.3) is 0 Å². The summed E-state index contributed by atoms with van der Waals surface area (Å²) in [6.45, 7) is 1.07. The van der Waals surface area contributed by atoms with Crippen LogP contribution in [-0.2, 0) is 24.3 Å². The zero-order chi connectivity index (χ0) is 20.4. The lowest BCUT2D eigenvalue weighted by Crippen LogP contribution is -2.23. The van der Waals surface area contributed by atoms with Crippen molar-refractivity contribution >= 4 is 23.0 Å². The van der Waals surface area contributed by atoms with E-state index in [2.05, 4.69) is 10.3 Å². The Bertz CT molecular complexity index is 1060. The molecule has 0 atom stereocenters. The molecule has 0 radical (unpaired) electrons. The van der Waals surface area contributed by atoms with Gasteiger partial charge in [0.2, 0.25) is 5.91 Å². The van der Waals surface area contributed by atoms with Crippen molar-refractivity contribution in [2.24, 2.45) is 0 Å². The number of anilines is 2. The Hall–Kier alpha value is -3.68. The van der Waals surface area contributed by atoms with Gasteiger partial charge in [0.1, 0.15) is 11.5 Å². The van der Waals surface area contributed by atoms with E-state index in [0.29, 0.717) is 37.3 Å². The molecule has 0 saturated carbocycles. The number of fused-ring (bicyclic) bond motifs is 1. The molecule has 1 aliphatic heterocycles. The number of nitro groups is 1. The molecule has 0 aliphatic carbocycles. The summed E-state index contributed by atoms with van der Waals surface area (Å²) in [5.74, 6) is 0.728. The zero-order valence-corrected chi connectivity index (χ0v) is 16.0. The molecular formula is C21H21N5O3. The molecule has 1 aliphatic rings. The largest absolute Gasteiger partial charge is 0.362 e. The van der Waals surface area contributed by atoms with Crippen LogP contribution in [0.15, 0.2) is 54.9 Å². The predicted octanol–water partition coefficient (Wildman–Crippen LogP) is 3.36. The molecule has 29 heavy (non-hydrogen) atoms. The smallest absolute Gasteiger partial charge is 0.292 e. The van der Waals surface area contributed by atoms with Crippen molar-refractivity contribution in [2.45, 2.75) is 25.9 Å². The SMILES string of the molecule is CN(Cc1nccn1Cc1ccccc1)c1cc2c(cc1[N+](=O)[O-])CCC(=O)N2. The molecule has 2 heterocycles. The van der Waals surface area contributed by atoms with Gasteiger partial charge in [-0.3, -0.25) is 14.9 Å². The van der Waals surface area contributed by atoms with E-state index in [1.54, 1.807) is 30.3 Å². The van der Waals surface area contributed by atoms with Crippen LogP contribution in [0, 0.1) is 10.1 Å². The van der Waals surface area contributed by atoms with Gasteiger partial charge in [-0.15, -0.1) is 0 Å². The Labute approximate surface area is 167 Å². The maximum absolute atomic E-state index is 11.7. The molecule has 1 amide bonds. The van der Waals surface area contributed by atoms with Gasteiger partial charge in [-0.05, 0) is 23.6 Å². The van der Waals surface area contributed by atoms with Crippen molar-refractivity contribution in [2.75, 3.05) is 17.3 Å². The first-order valence-corrected chi connectivity index (χ1v) is 9.37.